The standard InChI is InChI=1S/C18H17F2N3O2/c1-12-15(7-4-8-16(12)25-17(19)20)22-18(24)23(2)11-14-6-3-5-13(9-14)10-21/h3-9,17H,11H2,1-2H3,(H,22,24). The number of benzene rings is 2. The minimum absolute atomic E-state index is 0.0113. The van der Waals surface area contributed by atoms with Crippen LogP contribution in [0.1, 0.15) is 16.7 Å². The minimum Gasteiger partial charge on any atom is -0.434 e. The van der Waals surface area contributed by atoms with Gasteiger partial charge in [-0.15, -0.1) is 0 Å². The summed E-state index contributed by atoms with van der Waals surface area (Å²) in [5, 5.41) is 11.6. The average Bonchev–Trinajstić information content (AvgIpc) is 2.58. The Bertz CT molecular complexity index is 803. The normalized spacial score (nSPS) is 10.2. The Morgan fingerprint density at radius 1 is 1.32 bits per heavy atom. The third-order valence-electron chi connectivity index (χ3n) is 3.56. The zero-order valence-corrected chi connectivity index (χ0v) is 13.8. The van der Waals surface area contributed by atoms with Crippen LogP contribution in [0.5, 0.6) is 5.75 Å². The van der Waals surface area contributed by atoms with Crippen molar-refractivity contribution >= 4 is 11.7 Å². The number of urea groups is 1. The van der Waals surface area contributed by atoms with Crippen LogP contribution in [0.4, 0.5) is 19.3 Å². The van der Waals surface area contributed by atoms with Crippen LogP contribution >= 0.6 is 0 Å². The molecule has 0 unspecified atom stereocenters. The molecule has 5 nitrogen and oxygen atoms in total. The van der Waals surface area contributed by atoms with Gasteiger partial charge < -0.3 is 15.0 Å². The summed E-state index contributed by atoms with van der Waals surface area (Å²) < 4.78 is 29.2. The van der Waals surface area contributed by atoms with Crippen molar-refractivity contribution < 1.29 is 18.3 Å². The summed E-state index contributed by atoms with van der Waals surface area (Å²) in [6.07, 6.45) is 0. The molecule has 2 amide bonds. The van der Waals surface area contributed by atoms with Crippen LogP contribution in [0.2, 0.25) is 0 Å². The molecule has 0 saturated heterocycles. The van der Waals surface area contributed by atoms with E-state index in [2.05, 4.69) is 10.1 Å². The quantitative estimate of drug-likeness (QED) is 0.886. The van der Waals surface area contributed by atoms with Gasteiger partial charge >= 0.3 is 12.6 Å². The maximum atomic E-state index is 12.4. The first-order valence-electron chi connectivity index (χ1n) is 7.46. The van der Waals surface area contributed by atoms with Crippen molar-refractivity contribution in [1.29, 1.82) is 5.26 Å². The lowest BCUT2D eigenvalue weighted by Gasteiger charge is -2.20. The number of hydrogen-bond donors (Lipinski definition) is 1. The maximum Gasteiger partial charge on any atom is 0.387 e. The molecule has 0 spiro atoms. The summed E-state index contributed by atoms with van der Waals surface area (Å²) in [6, 6.07) is 13.1. The number of amides is 2. The van der Waals surface area contributed by atoms with Gasteiger partial charge in [0.15, 0.2) is 0 Å². The molecule has 0 aliphatic rings. The predicted molar refractivity (Wildman–Crippen MR) is 89.5 cm³/mol. The van der Waals surface area contributed by atoms with Gasteiger partial charge in [0, 0.05) is 24.8 Å². The van der Waals surface area contributed by atoms with Crippen molar-refractivity contribution in [3.8, 4) is 11.8 Å². The number of nitrogens with zero attached hydrogens (tertiary/aromatic N) is 2. The molecule has 25 heavy (non-hydrogen) atoms. The van der Waals surface area contributed by atoms with E-state index in [1.54, 1.807) is 38.2 Å². The third kappa shape index (κ3) is 4.91. The number of ether oxygens (including phenoxy) is 1. The topological polar surface area (TPSA) is 65.4 Å². The van der Waals surface area contributed by atoms with E-state index in [4.69, 9.17) is 5.26 Å². The van der Waals surface area contributed by atoms with Crippen molar-refractivity contribution in [2.24, 2.45) is 0 Å². The van der Waals surface area contributed by atoms with Crippen LogP contribution < -0.4 is 10.1 Å². The summed E-state index contributed by atoms with van der Waals surface area (Å²) in [6.45, 7) is -1.04. The Morgan fingerprint density at radius 2 is 2.04 bits per heavy atom. The minimum atomic E-state index is -2.93. The van der Waals surface area contributed by atoms with Crippen LogP contribution in [-0.4, -0.2) is 24.6 Å². The molecule has 130 valence electrons. The van der Waals surface area contributed by atoms with Gasteiger partial charge in [0.05, 0.1) is 11.6 Å². The van der Waals surface area contributed by atoms with Crippen molar-refractivity contribution in [2.75, 3.05) is 12.4 Å². The van der Waals surface area contributed by atoms with Crippen LogP contribution in [0.15, 0.2) is 42.5 Å². The van der Waals surface area contributed by atoms with Gasteiger partial charge in [-0.3, -0.25) is 0 Å². The average molecular weight is 345 g/mol. The number of alkyl halides is 2. The van der Waals surface area contributed by atoms with Crippen molar-refractivity contribution in [1.82, 2.24) is 4.90 Å². The van der Waals surface area contributed by atoms with Crippen LogP contribution in [0, 0.1) is 18.3 Å². The highest BCUT2D eigenvalue weighted by Crippen LogP contribution is 2.27. The van der Waals surface area contributed by atoms with Crippen LogP contribution in [0.25, 0.3) is 0 Å². The number of nitriles is 1. The zero-order valence-electron chi connectivity index (χ0n) is 13.8. The van der Waals surface area contributed by atoms with E-state index >= 15 is 0 Å². The van der Waals surface area contributed by atoms with Crippen LogP contribution in [0.3, 0.4) is 0 Å². The van der Waals surface area contributed by atoms with Gasteiger partial charge in [0.1, 0.15) is 5.75 Å². The van der Waals surface area contributed by atoms with E-state index in [1.165, 1.54) is 17.0 Å². The van der Waals surface area contributed by atoms with E-state index in [0.717, 1.165) is 5.56 Å². The fourth-order valence-corrected chi connectivity index (χ4v) is 2.27. The van der Waals surface area contributed by atoms with Gasteiger partial charge in [-0.25, -0.2) is 4.79 Å². The smallest absolute Gasteiger partial charge is 0.387 e. The molecule has 1 N–H and O–H groups in total. The number of rotatable bonds is 5. The number of carbonyl (C=O) groups is 1. The number of halogens is 2. The largest absolute Gasteiger partial charge is 0.434 e. The zero-order chi connectivity index (χ0) is 18.4. The molecule has 2 aromatic rings. The van der Waals surface area contributed by atoms with Crippen molar-refractivity contribution in [3.05, 3.63) is 59.2 Å². The molecule has 0 aromatic heterocycles. The van der Waals surface area contributed by atoms with E-state index < -0.39 is 12.6 Å². The summed E-state index contributed by atoms with van der Waals surface area (Å²) in [4.78, 5) is 13.7. The van der Waals surface area contributed by atoms with Gasteiger partial charge in [0.25, 0.3) is 0 Å². The van der Waals surface area contributed by atoms with Gasteiger partial charge in [0.2, 0.25) is 0 Å². The van der Waals surface area contributed by atoms with Gasteiger partial charge in [-0.2, -0.15) is 14.0 Å². The first-order valence-corrected chi connectivity index (χ1v) is 7.46. The molecule has 0 bridgehead atoms. The molecular formula is C18H17F2N3O2. The highest BCUT2D eigenvalue weighted by atomic mass is 19.3. The molecule has 2 aromatic carbocycles. The highest BCUT2D eigenvalue weighted by Gasteiger charge is 2.14. The molecule has 0 atom stereocenters. The number of carbonyl (C=O) groups excluding carboxylic acids is 1. The van der Waals surface area contributed by atoms with E-state index in [-0.39, 0.29) is 5.75 Å². The van der Waals surface area contributed by atoms with Crippen molar-refractivity contribution in [3.63, 3.8) is 0 Å². The first kappa shape index (κ1) is 18.2. The molecule has 0 saturated carbocycles. The number of hydrogen-bond acceptors (Lipinski definition) is 3. The Hall–Kier alpha value is -3.14. The molecule has 0 aliphatic heterocycles. The molecule has 2 rings (SSSR count). The summed E-state index contributed by atoms with van der Waals surface area (Å²) in [5.41, 5.74) is 2.12. The Kier molecular flexibility index (Phi) is 5.90. The number of anilines is 1. The molecule has 7 heteroatoms. The molecular weight excluding hydrogens is 328 g/mol. The lowest BCUT2D eigenvalue weighted by atomic mass is 10.1. The third-order valence-corrected chi connectivity index (χ3v) is 3.56. The van der Waals surface area contributed by atoms with Crippen molar-refractivity contribution in [2.45, 2.75) is 20.1 Å². The molecule has 0 fully saturated rings. The van der Waals surface area contributed by atoms with E-state index in [9.17, 15) is 13.6 Å². The summed E-state index contributed by atoms with van der Waals surface area (Å²) in [7, 11) is 1.60. The Balaban J connectivity index is 2.07. The van der Waals surface area contributed by atoms with E-state index in [1.807, 2.05) is 12.1 Å². The van der Waals surface area contributed by atoms with E-state index in [0.29, 0.717) is 23.4 Å². The molecule has 0 aliphatic carbocycles. The number of nitrogens with one attached hydrogen (secondary N) is 1. The van der Waals surface area contributed by atoms with Crippen LogP contribution in [-0.2, 0) is 6.54 Å². The fourth-order valence-electron chi connectivity index (χ4n) is 2.27. The second-order valence-electron chi connectivity index (χ2n) is 5.41. The summed E-state index contributed by atoms with van der Waals surface area (Å²) >= 11 is 0. The lowest BCUT2D eigenvalue weighted by molar-refractivity contribution is -0.0502. The SMILES string of the molecule is Cc1c(NC(=O)N(C)Cc2cccc(C#N)c2)cccc1OC(F)F. The second-order valence-corrected chi connectivity index (χ2v) is 5.41. The predicted octanol–water partition coefficient (Wildman–Crippen LogP) is 4.13. The molecule has 0 radical (unpaired) electrons. The highest BCUT2D eigenvalue weighted by molar-refractivity contribution is 5.90. The lowest BCUT2D eigenvalue weighted by Crippen LogP contribution is -2.31. The summed E-state index contributed by atoms with van der Waals surface area (Å²) in [5.74, 6) is 0.0113. The van der Waals surface area contributed by atoms with Gasteiger partial charge in [-0.1, -0.05) is 18.2 Å². The van der Waals surface area contributed by atoms with Gasteiger partial charge in [-0.05, 0) is 36.8 Å². The Morgan fingerprint density at radius 3 is 2.72 bits per heavy atom. The Labute approximate surface area is 144 Å². The monoisotopic (exact) mass is 345 g/mol. The second kappa shape index (κ2) is 8.11. The fraction of sp³-hybridized carbons (Fsp3) is 0.222. The maximum absolute atomic E-state index is 12.4. The molecule has 0 heterocycles. The first-order chi connectivity index (χ1) is 11.9.